The molecule has 1 N–H and O–H groups in total. The number of benzene rings is 2. The molecule has 8 heteroatoms. The zero-order chi connectivity index (χ0) is 19.8. The number of halogens is 2. The Hall–Kier alpha value is -3.06. The zero-order valence-corrected chi connectivity index (χ0v) is 15.4. The van der Waals surface area contributed by atoms with Crippen molar-refractivity contribution in [3.63, 3.8) is 0 Å². The number of methoxy groups -OCH3 is 2. The summed E-state index contributed by atoms with van der Waals surface area (Å²) in [5.74, 6) is -1.44. The number of hydrogen-bond donors (Lipinski definition) is 1. The van der Waals surface area contributed by atoms with Gasteiger partial charge in [-0.05, 0) is 35.9 Å². The third-order valence-electron chi connectivity index (χ3n) is 3.36. The Morgan fingerprint density at radius 2 is 1.93 bits per heavy atom. The number of carbonyl (C=O) groups is 2. The fourth-order valence-corrected chi connectivity index (χ4v) is 2.31. The van der Waals surface area contributed by atoms with Crippen LogP contribution < -0.4 is 10.1 Å². The smallest absolute Gasteiger partial charge is 0.354 e. The molecule has 0 radical (unpaired) electrons. The van der Waals surface area contributed by atoms with Crippen molar-refractivity contribution in [2.45, 2.75) is 6.61 Å². The molecule has 0 fully saturated rings. The van der Waals surface area contributed by atoms with Gasteiger partial charge in [0.25, 0.3) is 0 Å². The fraction of sp³-hybridized carbons (Fsp3) is 0.158. The van der Waals surface area contributed by atoms with Crippen LogP contribution >= 0.6 is 11.6 Å². The molecule has 6 nitrogen and oxygen atoms in total. The van der Waals surface area contributed by atoms with Gasteiger partial charge in [0.15, 0.2) is 0 Å². The van der Waals surface area contributed by atoms with Crippen LogP contribution in [0.5, 0.6) is 5.75 Å². The molecule has 27 heavy (non-hydrogen) atoms. The van der Waals surface area contributed by atoms with Crippen molar-refractivity contribution in [1.29, 1.82) is 0 Å². The molecule has 0 atom stereocenters. The highest BCUT2D eigenvalue weighted by atomic mass is 35.5. The molecule has 142 valence electrons. The Labute approximate surface area is 160 Å². The summed E-state index contributed by atoms with van der Waals surface area (Å²) >= 11 is 6.19. The molecule has 0 heterocycles. The summed E-state index contributed by atoms with van der Waals surface area (Å²) in [6.07, 6.45) is 0.966. The third-order valence-corrected chi connectivity index (χ3v) is 3.66. The van der Waals surface area contributed by atoms with E-state index in [1.807, 2.05) is 0 Å². The Balaban J connectivity index is 2.11. The molecule has 0 aliphatic rings. The zero-order valence-electron chi connectivity index (χ0n) is 14.6. The van der Waals surface area contributed by atoms with E-state index in [-0.39, 0.29) is 23.1 Å². The molecule has 2 aromatic carbocycles. The molecule has 0 aromatic heterocycles. The van der Waals surface area contributed by atoms with Crippen LogP contribution in [0.25, 0.3) is 0 Å². The summed E-state index contributed by atoms with van der Waals surface area (Å²) in [7, 11) is 2.38. The number of carbonyl (C=O) groups excluding carboxylic acids is 2. The molecule has 0 bridgehead atoms. The van der Waals surface area contributed by atoms with Gasteiger partial charge in [0.1, 0.15) is 23.9 Å². The van der Waals surface area contributed by atoms with E-state index in [4.69, 9.17) is 16.3 Å². The third kappa shape index (κ3) is 6.00. The molecular weight excluding hydrogens is 377 g/mol. The maximum absolute atomic E-state index is 13.2. The lowest BCUT2D eigenvalue weighted by molar-refractivity contribution is -0.138. The average molecular weight is 394 g/mol. The Kier molecular flexibility index (Phi) is 7.19. The van der Waals surface area contributed by atoms with Gasteiger partial charge in [-0.25, -0.2) is 14.0 Å². The average Bonchev–Trinajstić information content (AvgIpc) is 2.66. The molecule has 2 aromatic rings. The predicted molar refractivity (Wildman–Crippen MR) is 97.9 cm³/mol. The molecule has 0 saturated carbocycles. The maximum Gasteiger partial charge on any atom is 0.354 e. The predicted octanol–water partition coefficient (Wildman–Crippen LogP) is 3.70. The lowest BCUT2D eigenvalue weighted by Gasteiger charge is -2.12. The molecule has 0 amide bonds. The van der Waals surface area contributed by atoms with Crippen LogP contribution in [0.15, 0.2) is 54.2 Å². The van der Waals surface area contributed by atoms with E-state index in [0.29, 0.717) is 17.0 Å². The van der Waals surface area contributed by atoms with Crippen LogP contribution in [0.1, 0.15) is 5.56 Å². The number of hydrogen-bond acceptors (Lipinski definition) is 6. The van der Waals surface area contributed by atoms with Gasteiger partial charge in [-0.3, -0.25) is 0 Å². The molecule has 0 aliphatic heterocycles. The summed E-state index contributed by atoms with van der Waals surface area (Å²) in [6, 6.07) is 10.7. The lowest BCUT2D eigenvalue weighted by atomic mass is 10.2. The van der Waals surface area contributed by atoms with Crippen molar-refractivity contribution in [2.75, 3.05) is 19.5 Å². The molecule has 0 unspecified atom stereocenters. The number of ether oxygens (including phenoxy) is 3. The van der Waals surface area contributed by atoms with Crippen molar-refractivity contribution in [2.24, 2.45) is 0 Å². The minimum atomic E-state index is -0.747. The number of nitrogens with one attached hydrogen (secondary N) is 1. The highest BCUT2D eigenvalue weighted by Crippen LogP contribution is 2.29. The van der Waals surface area contributed by atoms with Crippen LogP contribution in [0.3, 0.4) is 0 Å². The van der Waals surface area contributed by atoms with Crippen LogP contribution in [0.2, 0.25) is 5.02 Å². The van der Waals surface area contributed by atoms with E-state index in [0.717, 1.165) is 6.08 Å². The van der Waals surface area contributed by atoms with E-state index >= 15 is 0 Å². The monoisotopic (exact) mass is 393 g/mol. The van der Waals surface area contributed by atoms with Crippen molar-refractivity contribution >= 4 is 29.2 Å². The molecule has 0 spiro atoms. The first-order valence-electron chi connectivity index (χ1n) is 7.74. The lowest BCUT2D eigenvalue weighted by Crippen LogP contribution is -2.15. The summed E-state index contributed by atoms with van der Waals surface area (Å²) < 4.78 is 27.9. The van der Waals surface area contributed by atoms with E-state index in [9.17, 15) is 14.0 Å². The van der Waals surface area contributed by atoms with Crippen LogP contribution in [-0.4, -0.2) is 26.2 Å². The topological polar surface area (TPSA) is 73.9 Å². The Morgan fingerprint density at radius 1 is 1.15 bits per heavy atom. The van der Waals surface area contributed by atoms with Gasteiger partial charge in [-0.2, -0.15) is 0 Å². The SMILES string of the molecule is COC(=O)/C=C(/Nc1ccc(OCc2cccc(F)c2)c(Cl)c1)C(=O)OC. The van der Waals surface area contributed by atoms with Crippen LogP contribution in [0, 0.1) is 5.82 Å². The number of rotatable bonds is 7. The van der Waals surface area contributed by atoms with E-state index < -0.39 is 11.9 Å². The fourth-order valence-electron chi connectivity index (χ4n) is 2.07. The summed E-state index contributed by atoms with van der Waals surface area (Å²) in [4.78, 5) is 23.1. The second-order valence-electron chi connectivity index (χ2n) is 5.26. The highest BCUT2D eigenvalue weighted by Gasteiger charge is 2.14. The van der Waals surface area contributed by atoms with Crippen molar-refractivity contribution in [1.82, 2.24) is 0 Å². The molecule has 0 aliphatic carbocycles. The summed E-state index contributed by atoms with van der Waals surface area (Å²) in [5, 5.41) is 3.00. The summed E-state index contributed by atoms with van der Waals surface area (Å²) in [5.41, 5.74) is 0.967. The first kappa shape index (κ1) is 20.3. The first-order chi connectivity index (χ1) is 12.9. The van der Waals surface area contributed by atoms with Gasteiger partial charge in [0.2, 0.25) is 0 Å². The number of anilines is 1. The van der Waals surface area contributed by atoms with Gasteiger partial charge >= 0.3 is 11.9 Å². The van der Waals surface area contributed by atoms with Gasteiger partial charge in [0.05, 0.1) is 25.3 Å². The van der Waals surface area contributed by atoms with Crippen LogP contribution in [0.4, 0.5) is 10.1 Å². The van der Waals surface area contributed by atoms with Gasteiger partial charge in [0, 0.05) is 5.69 Å². The van der Waals surface area contributed by atoms with E-state index in [1.54, 1.807) is 24.3 Å². The maximum atomic E-state index is 13.2. The molecular formula is C19H17ClFNO5. The van der Waals surface area contributed by atoms with Gasteiger partial charge in [-0.15, -0.1) is 0 Å². The van der Waals surface area contributed by atoms with Crippen molar-refractivity contribution in [3.8, 4) is 5.75 Å². The van der Waals surface area contributed by atoms with Crippen molar-refractivity contribution < 1.29 is 28.2 Å². The number of esters is 2. The first-order valence-corrected chi connectivity index (χ1v) is 8.12. The van der Waals surface area contributed by atoms with Crippen LogP contribution in [-0.2, 0) is 25.7 Å². The van der Waals surface area contributed by atoms with Gasteiger partial charge in [-0.1, -0.05) is 23.7 Å². The largest absolute Gasteiger partial charge is 0.487 e. The quantitative estimate of drug-likeness (QED) is 0.571. The van der Waals surface area contributed by atoms with Gasteiger partial charge < -0.3 is 19.5 Å². The molecule has 0 saturated heterocycles. The minimum absolute atomic E-state index is 0.117. The second-order valence-corrected chi connectivity index (χ2v) is 5.67. The normalized spacial score (nSPS) is 10.9. The second kappa shape index (κ2) is 9.59. The Bertz CT molecular complexity index is 869. The minimum Gasteiger partial charge on any atom is -0.487 e. The molecule has 2 rings (SSSR count). The van der Waals surface area contributed by atoms with Crippen molar-refractivity contribution in [3.05, 3.63) is 70.6 Å². The standard InChI is InChI=1S/C19H17ClFNO5/c1-25-18(23)10-16(19(24)26-2)22-14-6-7-17(15(20)9-14)27-11-12-4-3-5-13(21)8-12/h3-10,22H,11H2,1-2H3/b16-10+. The van der Waals surface area contributed by atoms with E-state index in [2.05, 4.69) is 14.8 Å². The Morgan fingerprint density at radius 3 is 2.56 bits per heavy atom. The highest BCUT2D eigenvalue weighted by molar-refractivity contribution is 6.32. The van der Waals surface area contributed by atoms with E-state index in [1.165, 1.54) is 32.4 Å². The summed E-state index contributed by atoms with van der Waals surface area (Å²) in [6.45, 7) is 0.139.